The minimum Gasteiger partial charge on any atom is -0.497 e. The molecule has 0 saturated heterocycles. The first kappa shape index (κ1) is 20.8. The van der Waals surface area contributed by atoms with E-state index < -0.39 is 0 Å². The Kier molecular flexibility index (Phi) is 5.31. The molecule has 0 atom stereocenters. The first-order valence-corrected chi connectivity index (χ1v) is 11.0. The van der Waals surface area contributed by atoms with Crippen LogP contribution in [0, 0.1) is 5.41 Å². The lowest BCUT2D eigenvalue weighted by molar-refractivity contribution is 0.415. The van der Waals surface area contributed by atoms with E-state index in [0.717, 1.165) is 27.1 Å². The van der Waals surface area contributed by atoms with Crippen molar-refractivity contribution in [3.63, 3.8) is 0 Å². The molecule has 1 aliphatic carbocycles. The summed E-state index contributed by atoms with van der Waals surface area (Å²) in [6.45, 7) is 0. The van der Waals surface area contributed by atoms with Crippen LogP contribution in [0.1, 0.15) is 16.7 Å². The van der Waals surface area contributed by atoms with E-state index in [1.165, 1.54) is 27.8 Å². The smallest absolute Gasteiger partial charge is 0.119 e. The number of hydrogen-bond acceptors (Lipinski definition) is 3. The highest BCUT2D eigenvalue weighted by atomic mass is 16.5. The van der Waals surface area contributed by atoms with Gasteiger partial charge in [0.05, 0.1) is 12.8 Å². The van der Waals surface area contributed by atoms with Crippen molar-refractivity contribution >= 4 is 39.9 Å². The van der Waals surface area contributed by atoms with Crippen LogP contribution in [0.4, 0.5) is 5.69 Å². The van der Waals surface area contributed by atoms with Gasteiger partial charge in [-0.15, -0.1) is 0 Å². The molecule has 0 amide bonds. The van der Waals surface area contributed by atoms with Crippen molar-refractivity contribution in [1.82, 2.24) is 0 Å². The third-order valence-electron chi connectivity index (χ3n) is 6.14. The third-order valence-corrected chi connectivity index (χ3v) is 6.14. The van der Waals surface area contributed by atoms with E-state index in [9.17, 15) is 0 Å². The van der Waals surface area contributed by atoms with E-state index in [2.05, 4.69) is 91.8 Å². The lowest BCUT2D eigenvalue weighted by Crippen LogP contribution is -2.18. The molecule has 0 heterocycles. The molecule has 0 unspecified atom stereocenters. The summed E-state index contributed by atoms with van der Waals surface area (Å²) < 4.78 is 5.40. The molecule has 33 heavy (non-hydrogen) atoms. The number of nitrogens with one attached hydrogen (secondary N) is 1. The predicted molar refractivity (Wildman–Crippen MR) is 140 cm³/mol. The van der Waals surface area contributed by atoms with Gasteiger partial charge in [0, 0.05) is 19.8 Å². The molecule has 0 fully saturated rings. The van der Waals surface area contributed by atoms with Gasteiger partial charge in [0.25, 0.3) is 0 Å². The highest BCUT2D eigenvalue weighted by Crippen LogP contribution is 2.28. The fraction of sp³-hybridized carbons (Fsp3) is 0.100. The minimum atomic E-state index is 0.531. The van der Waals surface area contributed by atoms with Crippen LogP contribution in [0.15, 0.2) is 84.9 Å². The van der Waals surface area contributed by atoms with Crippen LogP contribution in [0.2, 0.25) is 0 Å². The molecule has 0 bridgehead atoms. The number of hydrogen-bond donors (Lipinski definition) is 1. The number of ether oxygens (including phenoxy) is 1. The molecule has 1 N–H and O–H groups in total. The Morgan fingerprint density at radius 3 is 2.24 bits per heavy atom. The molecular formula is C30H26N2O. The van der Waals surface area contributed by atoms with E-state index in [-0.39, 0.29) is 0 Å². The van der Waals surface area contributed by atoms with Crippen LogP contribution in [-0.4, -0.2) is 26.9 Å². The van der Waals surface area contributed by atoms with Gasteiger partial charge in [-0.25, -0.2) is 0 Å². The number of allylic oxidation sites excluding steroid dienone is 1. The third kappa shape index (κ3) is 4.06. The van der Waals surface area contributed by atoms with Crippen molar-refractivity contribution in [2.75, 3.05) is 26.1 Å². The molecule has 0 aliphatic heterocycles. The Morgan fingerprint density at radius 2 is 1.48 bits per heavy atom. The van der Waals surface area contributed by atoms with Gasteiger partial charge >= 0.3 is 0 Å². The van der Waals surface area contributed by atoms with Gasteiger partial charge in [-0.3, -0.25) is 0 Å². The zero-order chi connectivity index (χ0) is 22.9. The van der Waals surface area contributed by atoms with Crippen LogP contribution in [-0.2, 0) is 0 Å². The van der Waals surface area contributed by atoms with Gasteiger partial charge in [0.15, 0.2) is 0 Å². The molecule has 0 saturated carbocycles. The van der Waals surface area contributed by atoms with Gasteiger partial charge in [-0.2, -0.15) is 0 Å². The number of benzene rings is 4. The topological polar surface area (TPSA) is 36.3 Å². The minimum absolute atomic E-state index is 0.531. The standard InChI is InChI=1S/C30H26N2O/c1-32(2)28-13-9-20(10-14-28)30(25-6-4-23-18-27(31)12-8-21(23)16-25)26-7-5-24-19-29(33-3)15-11-22(24)17-26/h4-19,31H,1-3H3/b30-25+,31-27?. The zero-order valence-corrected chi connectivity index (χ0v) is 19.1. The first-order chi connectivity index (χ1) is 16.0. The summed E-state index contributed by atoms with van der Waals surface area (Å²) in [5, 5.41) is 12.5. The molecule has 3 heteroatoms. The predicted octanol–water partition coefficient (Wildman–Crippen LogP) is 4.99. The van der Waals surface area contributed by atoms with Crippen molar-refractivity contribution in [1.29, 1.82) is 5.41 Å². The number of methoxy groups -OCH3 is 1. The van der Waals surface area contributed by atoms with Crippen molar-refractivity contribution in [3.05, 3.63) is 112 Å². The Bertz CT molecular complexity index is 1530. The van der Waals surface area contributed by atoms with E-state index in [4.69, 9.17) is 10.1 Å². The Hall–Kier alpha value is -4.11. The fourth-order valence-electron chi connectivity index (χ4n) is 4.33. The lowest BCUT2D eigenvalue weighted by atomic mass is 9.92. The summed E-state index contributed by atoms with van der Waals surface area (Å²) in [4.78, 5) is 2.11. The summed E-state index contributed by atoms with van der Waals surface area (Å²) in [6.07, 6.45) is 5.79. The van der Waals surface area contributed by atoms with Crippen LogP contribution in [0.5, 0.6) is 5.75 Å². The maximum absolute atomic E-state index is 7.93. The van der Waals surface area contributed by atoms with Crippen molar-refractivity contribution in [2.24, 2.45) is 0 Å². The van der Waals surface area contributed by atoms with Crippen LogP contribution in [0.25, 0.3) is 28.5 Å². The van der Waals surface area contributed by atoms with Gasteiger partial charge in [0.2, 0.25) is 0 Å². The Balaban J connectivity index is 1.76. The summed E-state index contributed by atoms with van der Waals surface area (Å²) in [7, 11) is 5.81. The monoisotopic (exact) mass is 430 g/mol. The van der Waals surface area contributed by atoms with Gasteiger partial charge in [-0.05, 0) is 92.0 Å². The second-order valence-corrected chi connectivity index (χ2v) is 8.52. The van der Waals surface area contributed by atoms with Gasteiger partial charge < -0.3 is 15.0 Å². The lowest BCUT2D eigenvalue weighted by Gasteiger charge is -2.15. The highest BCUT2D eigenvalue weighted by Gasteiger charge is 2.10. The van der Waals surface area contributed by atoms with Crippen LogP contribution >= 0.6 is 0 Å². The largest absolute Gasteiger partial charge is 0.497 e. The molecular weight excluding hydrogens is 404 g/mol. The van der Waals surface area contributed by atoms with Crippen molar-refractivity contribution in [3.8, 4) is 5.75 Å². The summed E-state index contributed by atoms with van der Waals surface area (Å²) in [5.74, 6) is 0.863. The van der Waals surface area contributed by atoms with Gasteiger partial charge in [0.1, 0.15) is 5.75 Å². The molecule has 4 aromatic rings. The summed E-state index contributed by atoms with van der Waals surface area (Å²) in [5.41, 5.74) is 6.37. The number of rotatable bonds is 4. The average Bonchev–Trinajstić information content (AvgIpc) is 2.84. The summed E-state index contributed by atoms with van der Waals surface area (Å²) in [6, 6.07) is 28.0. The Labute approximate surface area is 194 Å². The number of fused-ring (bicyclic) bond motifs is 2. The maximum Gasteiger partial charge on any atom is 0.119 e. The second kappa shape index (κ2) is 8.44. The van der Waals surface area contributed by atoms with E-state index in [1.54, 1.807) is 7.11 Å². The van der Waals surface area contributed by atoms with Crippen LogP contribution < -0.4 is 20.1 Å². The average molecular weight is 431 g/mol. The second-order valence-electron chi connectivity index (χ2n) is 8.52. The number of nitrogens with zero attached hydrogens (tertiary/aromatic N) is 1. The summed E-state index contributed by atoms with van der Waals surface area (Å²) >= 11 is 0. The van der Waals surface area contributed by atoms with Crippen LogP contribution in [0.3, 0.4) is 0 Å². The zero-order valence-electron chi connectivity index (χ0n) is 19.1. The Morgan fingerprint density at radius 1 is 0.758 bits per heavy atom. The molecule has 162 valence electrons. The number of anilines is 1. The fourth-order valence-corrected chi connectivity index (χ4v) is 4.33. The van der Waals surface area contributed by atoms with E-state index in [1.807, 2.05) is 24.3 Å². The first-order valence-electron chi connectivity index (χ1n) is 11.0. The molecule has 5 rings (SSSR count). The van der Waals surface area contributed by atoms with Crippen molar-refractivity contribution < 1.29 is 4.74 Å². The molecule has 1 aliphatic rings. The molecule has 4 aromatic carbocycles. The van der Waals surface area contributed by atoms with Gasteiger partial charge in [-0.1, -0.05) is 48.5 Å². The molecule has 0 aromatic heterocycles. The SMILES string of the molecule is COc1ccc2cc(/C(c3ccc(N(C)C)cc3)=c3\ccc4c(c3)C=CC(=N)C=4)ccc2c1. The van der Waals surface area contributed by atoms with E-state index in [0.29, 0.717) is 5.71 Å². The molecule has 3 nitrogen and oxygen atoms in total. The molecule has 0 spiro atoms. The quantitative estimate of drug-likeness (QED) is 0.495. The molecule has 0 radical (unpaired) electrons. The van der Waals surface area contributed by atoms with E-state index >= 15 is 0 Å². The maximum atomic E-state index is 7.93. The van der Waals surface area contributed by atoms with Crippen molar-refractivity contribution in [2.45, 2.75) is 0 Å². The highest BCUT2D eigenvalue weighted by molar-refractivity contribution is 6.18. The normalized spacial score (nSPS) is 13.4.